The van der Waals surface area contributed by atoms with Crippen molar-refractivity contribution in [1.29, 1.82) is 0 Å². The number of ether oxygens (including phenoxy) is 3. The molecule has 0 aliphatic carbocycles. The van der Waals surface area contributed by atoms with Gasteiger partial charge in [0.2, 0.25) is 0 Å². The van der Waals surface area contributed by atoms with Gasteiger partial charge in [-0.2, -0.15) is 0 Å². The van der Waals surface area contributed by atoms with E-state index in [9.17, 15) is 4.39 Å². The van der Waals surface area contributed by atoms with Crippen LogP contribution in [0.15, 0.2) is 42.5 Å². The predicted molar refractivity (Wildman–Crippen MR) is 112 cm³/mol. The SMILES string of the molecule is C#CCOC1C(OC(C)C)c2cc(NCc3ccc(F)cc3)ccc2OC1(C)C. The van der Waals surface area contributed by atoms with Crippen LogP contribution >= 0.6 is 0 Å². The Labute approximate surface area is 172 Å². The summed E-state index contributed by atoms with van der Waals surface area (Å²) < 4.78 is 31.5. The zero-order chi connectivity index (χ0) is 21.0. The van der Waals surface area contributed by atoms with Crippen LogP contribution in [0.4, 0.5) is 10.1 Å². The van der Waals surface area contributed by atoms with Crippen molar-refractivity contribution in [3.05, 3.63) is 59.4 Å². The lowest BCUT2D eigenvalue weighted by molar-refractivity contribution is -0.167. The highest BCUT2D eigenvalue weighted by atomic mass is 19.1. The van der Waals surface area contributed by atoms with Crippen LogP contribution in [-0.4, -0.2) is 24.4 Å². The molecule has 2 aromatic rings. The van der Waals surface area contributed by atoms with Gasteiger partial charge in [-0.1, -0.05) is 18.1 Å². The summed E-state index contributed by atoms with van der Waals surface area (Å²) >= 11 is 0. The molecule has 0 saturated carbocycles. The Morgan fingerprint density at radius 3 is 2.59 bits per heavy atom. The number of anilines is 1. The highest BCUT2D eigenvalue weighted by Gasteiger charge is 2.46. The van der Waals surface area contributed by atoms with Gasteiger partial charge in [0.1, 0.15) is 36.0 Å². The number of hydrogen-bond donors (Lipinski definition) is 1. The first-order valence-electron chi connectivity index (χ1n) is 9.82. The van der Waals surface area contributed by atoms with Crippen molar-refractivity contribution in [3.8, 4) is 18.1 Å². The molecule has 1 N–H and O–H groups in total. The second kappa shape index (κ2) is 8.86. The molecule has 1 aliphatic rings. The van der Waals surface area contributed by atoms with Crippen molar-refractivity contribution in [2.75, 3.05) is 11.9 Å². The third-order valence-electron chi connectivity index (χ3n) is 4.82. The predicted octanol–water partition coefficient (Wildman–Crippen LogP) is 5.09. The summed E-state index contributed by atoms with van der Waals surface area (Å²) in [7, 11) is 0. The molecule has 1 heterocycles. The summed E-state index contributed by atoms with van der Waals surface area (Å²) in [4.78, 5) is 0. The Balaban J connectivity index is 1.87. The average Bonchev–Trinajstić information content (AvgIpc) is 2.66. The summed E-state index contributed by atoms with van der Waals surface area (Å²) in [5, 5.41) is 3.38. The van der Waals surface area contributed by atoms with Crippen LogP contribution in [0.25, 0.3) is 0 Å². The summed E-state index contributed by atoms with van der Waals surface area (Å²) in [6, 6.07) is 12.4. The molecule has 2 unspecified atom stereocenters. The van der Waals surface area contributed by atoms with Crippen LogP contribution in [-0.2, 0) is 16.0 Å². The van der Waals surface area contributed by atoms with Gasteiger partial charge in [0, 0.05) is 17.8 Å². The van der Waals surface area contributed by atoms with E-state index >= 15 is 0 Å². The molecular formula is C24H28FNO3. The first-order chi connectivity index (χ1) is 13.8. The van der Waals surface area contributed by atoms with E-state index in [1.165, 1.54) is 12.1 Å². The summed E-state index contributed by atoms with van der Waals surface area (Å²) in [5.41, 5.74) is 2.24. The molecule has 1 aliphatic heterocycles. The van der Waals surface area contributed by atoms with Gasteiger partial charge in [-0.15, -0.1) is 6.42 Å². The molecule has 0 spiro atoms. The summed E-state index contributed by atoms with van der Waals surface area (Å²) in [5.74, 6) is 3.06. The molecule has 154 valence electrons. The highest BCUT2D eigenvalue weighted by molar-refractivity contribution is 5.54. The number of nitrogens with one attached hydrogen (secondary N) is 1. The lowest BCUT2D eigenvalue weighted by Crippen LogP contribution is -2.51. The van der Waals surface area contributed by atoms with Gasteiger partial charge in [-0.3, -0.25) is 0 Å². The van der Waals surface area contributed by atoms with E-state index in [4.69, 9.17) is 20.6 Å². The van der Waals surface area contributed by atoms with Gasteiger partial charge in [0.15, 0.2) is 0 Å². The fraction of sp³-hybridized carbons (Fsp3) is 0.417. The molecule has 5 heteroatoms. The maximum absolute atomic E-state index is 13.1. The molecule has 4 nitrogen and oxygen atoms in total. The lowest BCUT2D eigenvalue weighted by Gasteiger charge is -2.44. The van der Waals surface area contributed by atoms with Crippen molar-refractivity contribution >= 4 is 5.69 Å². The van der Waals surface area contributed by atoms with Crippen LogP contribution in [0.1, 0.15) is 44.9 Å². The van der Waals surface area contributed by atoms with E-state index in [0.29, 0.717) is 6.54 Å². The third kappa shape index (κ3) is 5.09. The molecule has 0 saturated heterocycles. The van der Waals surface area contributed by atoms with Gasteiger partial charge in [-0.05, 0) is 63.6 Å². The first kappa shape index (κ1) is 21.2. The van der Waals surface area contributed by atoms with Gasteiger partial charge in [-0.25, -0.2) is 4.39 Å². The Bertz CT molecular complexity index is 871. The van der Waals surface area contributed by atoms with E-state index < -0.39 is 5.60 Å². The molecule has 0 radical (unpaired) electrons. The third-order valence-corrected chi connectivity index (χ3v) is 4.82. The number of halogens is 1. The van der Waals surface area contributed by atoms with E-state index in [-0.39, 0.29) is 30.7 Å². The number of fused-ring (bicyclic) bond motifs is 1. The normalized spacial score (nSPS) is 19.9. The Hall–Kier alpha value is -2.55. The van der Waals surface area contributed by atoms with E-state index in [1.807, 2.05) is 45.9 Å². The fourth-order valence-electron chi connectivity index (χ4n) is 3.51. The molecule has 0 fully saturated rings. The van der Waals surface area contributed by atoms with Crippen LogP contribution in [0, 0.1) is 18.2 Å². The van der Waals surface area contributed by atoms with E-state index in [0.717, 1.165) is 22.6 Å². The second-order valence-electron chi connectivity index (χ2n) is 7.98. The van der Waals surface area contributed by atoms with Gasteiger partial charge in [0.05, 0.1) is 6.10 Å². The summed E-state index contributed by atoms with van der Waals surface area (Å²) in [6.45, 7) is 8.72. The van der Waals surface area contributed by atoms with Gasteiger partial charge in [0.25, 0.3) is 0 Å². The van der Waals surface area contributed by atoms with Crippen molar-refractivity contribution in [3.63, 3.8) is 0 Å². The van der Waals surface area contributed by atoms with Crippen LogP contribution in [0.2, 0.25) is 0 Å². The number of benzene rings is 2. The molecule has 0 bridgehead atoms. The number of terminal acetylenes is 1. The minimum absolute atomic E-state index is 0.00881. The zero-order valence-corrected chi connectivity index (χ0v) is 17.4. The maximum Gasteiger partial charge on any atom is 0.132 e. The van der Waals surface area contributed by atoms with Crippen LogP contribution in [0.5, 0.6) is 5.75 Å². The molecule has 2 atom stereocenters. The zero-order valence-electron chi connectivity index (χ0n) is 17.4. The molecule has 2 aromatic carbocycles. The molecule has 29 heavy (non-hydrogen) atoms. The molecule has 3 rings (SSSR count). The molecule has 0 aromatic heterocycles. The standard InChI is InChI=1S/C24H28FNO3/c1-6-13-27-23-22(28-16(2)3)20-14-19(11-12-21(20)29-24(23,4)5)26-15-17-7-9-18(25)10-8-17/h1,7-12,14,16,22-23,26H,13,15H2,2-5H3. The minimum atomic E-state index is -0.591. The lowest BCUT2D eigenvalue weighted by atomic mass is 9.87. The largest absolute Gasteiger partial charge is 0.485 e. The quantitative estimate of drug-likeness (QED) is 0.661. The Kier molecular flexibility index (Phi) is 6.46. The van der Waals surface area contributed by atoms with Crippen molar-refractivity contribution in [2.45, 2.75) is 58.2 Å². The Morgan fingerprint density at radius 2 is 1.93 bits per heavy atom. The topological polar surface area (TPSA) is 39.7 Å². The smallest absolute Gasteiger partial charge is 0.132 e. The Morgan fingerprint density at radius 1 is 1.21 bits per heavy atom. The fourth-order valence-corrected chi connectivity index (χ4v) is 3.51. The van der Waals surface area contributed by atoms with Crippen LogP contribution in [0.3, 0.4) is 0 Å². The number of rotatable bonds is 7. The summed E-state index contributed by atoms with van der Waals surface area (Å²) in [6.07, 6.45) is 4.77. The van der Waals surface area contributed by atoms with Gasteiger partial charge >= 0.3 is 0 Å². The molecule has 0 amide bonds. The second-order valence-corrected chi connectivity index (χ2v) is 7.98. The first-order valence-corrected chi connectivity index (χ1v) is 9.82. The molecular weight excluding hydrogens is 369 g/mol. The monoisotopic (exact) mass is 397 g/mol. The maximum atomic E-state index is 13.1. The average molecular weight is 397 g/mol. The number of hydrogen-bond acceptors (Lipinski definition) is 4. The minimum Gasteiger partial charge on any atom is -0.485 e. The van der Waals surface area contributed by atoms with Crippen molar-refractivity contribution in [2.24, 2.45) is 0 Å². The highest BCUT2D eigenvalue weighted by Crippen LogP contribution is 2.44. The van der Waals surface area contributed by atoms with Crippen molar-refractivity contribution in [1.82, 2.24) is 0 Å². The van der Waals surface area contributed by atoms with Crippen LogP contribution < -0.4 is 10.1 Å². The van der Waals surface area contributed by atoms with Crippen molar-refractivity contribution < 1.29 is 18.6 Å². The van der Waals surface area contributed by atoms with E-state index in [2.05, 4.69) is 11.2 Å². The van der Waals surface area contributed by atoms with Gasteiger partial charge < -0.3 is 19.5 Å². The van der Waals surface area contributed by atoms with E-state index in [1.54, 1.807) is 12.1 Å².